The summed E-state index contributed by atoms with van der Waals surface area (Å²) in [4.78, 5) is 16.7. The molecule has 0 spiro atoms. The molecule has 0 fully saturated rings. The monoisotopic (exact) mass is 337 g/mol. The highest BCUT2D eigenvalue weighted by molar-refractivity contribution is 5.78. The maximum atomic E-state index is 11.9. The largest absolute Gasteiger partial charge is 0.375 e. The highest BCUT2D eigenvalue weighted by atomic mass is 16.5. The second kappa shape index (κ2) is 7.49. The number of methoxy groups -OCH3 is 1. The summed E-state index contributed by atoms with van der Waals surface area (Å²) in [6.45, 7) is 4.82. The van der Waals surface area contributed by atoms with Gasteiger partial charge in [-0.15, -0.1) is 0 Å². The van der Waals surface area contributed by atoms with Gasteiger partial charge in [0.15, 0.2) is 0 Å². The van der Waals surface area contributed by atoms with Crippen molar-refractivity contribution in [3.63, 3.8) is 0 Å². The molecule has 3 rings (SSSR count). The quantitative estimate of drug-likeness (QED) is 0.751. The number of ether oxygens (including phenoxy) is 1. The molecule has 1 aromatic heterocycles. The number of para-hydroxylation sites is 2. The van der Waals surface area contributed by atoms with E-state index in [0.717, 1.165) is 16.9 Å². The van der Waals surface area contributed by atoms with E-state index in [2.05, 4.69) is 35.0 Å². The maximum Gasteiger partial charge on any atom is 0.246 e. The minimum absolute atomic E-state index is 0.0440. The zero-order chi connectivity index (χ0) is 17.8. The zero-order valence-corrected chi connectivity index (χ0v) is 14.8. The van der Waals surface area contributed by atoms with Gasteiger partial charge in [-0.1, -0.05) is 36.4 Å². The Morgan fingerprint density at radius 1 is 1.20 bits per heavy atom. The lowest BCUT2D eigenvalue weighted by Crippen LogP contribution is -2.31. The van der Waals surface area contributed by atoms with Crippen molar-refractivity contribution in [1.29, 1.82) is 0 Å². The summed E-state index contributed by atoms with van der Waals surface area (Å²) in [5, 5.41) is 2.95. The van der Waals surface area contributed by atoms with Crippen molar-refractivity contribution >= 4 is 16.9 Å². The van der Waals surface area contributed by atoms with Crippen LogP contribution in [-0.4, -0.2) is 29.2 Å². The van der Waals surface area contributed by atoms with Gasteiger partial charge in [-0.05, 0) is 37.1 Å². The van der Waals surface area contributed by atoms with Crippen molar-refractivity contribution in [3.05, 3.63) is 65.5 Å². The summed E-state index contributed by atoms with van der Waals surface area (Å²) >= 11 is 0. The Balaban J connectivity index is 2.00. The Morgan fingerprint density at radius 3 is 2.68 bits per heavy atom. The SMILES string of the molecule is COCC(=O)NC(C)c1nc2ccccc2n1Cc1ccccc1C. The average Bonchev–Trinajstić information content (AvgIpc) is 2.96. The van der Waals surface area contributed by atoms with Gasteiger partial charge in [-0.2, -0.15) is 0 Å². The van der Waals surface area contributed by atoms with Crippen LogP contribution >= 0.6 is 0 Å². The number of aromatic nitrogens is 2. The van der Waals surface area contributed by atoms with E-state index >= 15 is 0 Å². The molecule has 5 nitrogen and oxygen atoms in total. The Labute approximate surface area is 147 Å². The topological polar surface area (TPSA) is 56.1 Å². The molecule has 0 bridgehead atoms. The molecular formula is C20H23N3O2. The fourth-order valence-corrected chi connectivity index (χ4v) is 3.03. The van der Waals surface area contributed by atoms with Crippen molar-refractivity contribution in [3.8, 4) is 0 Å². The first-order valence-electron chi connectivity index (χ1n) is 8.38. The van der Waals surface area contributed by atoms with E-state index in [1.165, 1.54) is 18.2 Å². The lowest BCUT2D eigenvalue weighted by Gasteiger charge is -2.17. The number of imidazole rings is 1. The Kier molecular flexibility index (Phi) is 5.14. The third kappa shape index (κ3) is 3.72. The Morgan fingerprint density at radius 2 is 1.92 bits per heavy atom. The number of hydrogen-bond donors (Lipinski definition) is 1. The van der Waals surface area contributed by atoms with E-state index < -0.39 is 0 Å². The van der Waals surface area contributed by atoms with Crippen molar-refractivity contribution < 1.29 is 9.53 Å². The molecular weight excluding hydrogens is 314 g/mol. The summed E-state index contributed by atoms with van der Waals surface area (Å²) in [5.41, 5.74) is 4.47. The van der Waals surface area contributed by atoms with Crippen LogP contribution in [0.2, 0.25) is 0 Å². The predicted molar refractivity (Wildman–Crippen MR) is 98.4 cm³/mol. The lowest BCUT2D eigenvalue weighted by molar-refractivity contribution is -0.125. The number of benzene rings is 2. The molecule has 3 aromatic rings. The molecule has 0 radical (unpaired) electrons. The number of fused-ring (bicyclic) bond motifs is 1. The highest BCUT2D eigenvalue weighted by Gasteiger charge is 2.18. The normalized spacial score (nSPS) is 12.3. The molecule has 5 heteroatoms. The second-order valence-electron chi connectivity index (χ2n) is 6.19. The lowest BCUT2D eigenvalue weighted by atomic mass is 10.1. The molecule has 1 atom stereocenters. The second-order valence-corrected chi connectivity index (χ2v) is 6.19. The van der Waals surface area contributed by atoms with Crippen molar-refractivity contribution in [2.45, 2.75) is 26.4 Å². The summed E-state index contributed by atoms with van der Waals surface area (Å²) in [6.07, 6.45) is 0. The Hall–Kier alpha value is -2.66. The number of amides is 1. The number of aryl methyl sites for hydroxylation is 1. The third-order valence-corrected chi connectivity index (χ3v) is 4.31. The molecule has 25 heavy (non-hydrogen) atoms. The molecule has 130 valence electrons. The number of rotatable bonds is 6. The summed E-state index contributed by atoms with van der Waals surface area (Å²) in [5.74, 6) is 0.693. The number of carbonyl (C=O) groups excluding carboxylic acids is 1. The van der Waals surface area contributed by atoms with E-state index in [-0.39, 0.29) is 18.6 Å². The maximum absolute atomic E-state index is 11.9. The van der Waals surface area contributed by atoms with Gasteiger partial charge in [-0.3, -0.25) is 4.79 Å². The van der Waals surface area contributed by atoms with E-state index in [0.29, 0.717) is 6.54 Å². The molecule has 1 heterocycles. The summed E-state index contributed by atoms with van der Waals surface area (Å²) < 4.78 is 7.08. The van der Waals surface area contributed by atoms with Crippen LogP contribution in [0, 0.1) is 6.92 Å². The number of carbonyl (C=O) groups is 1. The van der Waals surface area contributed by atoms with Crippen LogP contribution in [0.15, 0.2) is 48.5 Å². The van der Waals surface area contributed by atoms with Gasteiger partial charge in [0.25, 0.3) is 0 Å². The van der Waals surface area contributed by atoms with E-state index in [9.17, 15) is 4.79 Å². The number of hydrogen-bond acceptors (Lipinski definition) is 3. The minimum Gasteiger partial charge on any atom is -0.375 e. The molecule has 0 aliphatic carbocycles. The molecule has 1 amide bonds. The number of nitrogens with zero attached hydrogens (tertiary/aromatic N) is 2. The minimum atomic E-state index is -0.209. The molecule has 1 N–H and O–H groups in total. The van der Waals surface area contributed by atoms with E-state index in [1.54, 1.807) is 0 Å². The van der Waals surface area contributed by atoms with Gasteiger partial charge >= 0.3 is 0 Å². The third-order valence-electron chi connectivity index (χ3n) is 4.31. The zero-order valence-electron chi connectivity index (χ0n) is 14.8. The van der Waals surface area contributed by atoms with Gasteiger partial charge in [0.1, 0.15) is 12.4 Å². The van der Waals surface area contributed by atoms with Gasteiger partial charge in [0.2, 0.25) is 5.91 Å². The molecule has 0 saturated carbocycles. The van der Waals surface area contributed by atoms with Crippen LogP contribution in [0.4, 0.5) is 0 Å². The fraction of sp³-hybridized carbons (Fsp3) is 0.300. The van der Waals surface area contributed by atoms with E-state index in [1.807, 2.05) is 37.3 Å². The van der Waals surface area contributed by atoms with Crippen LogP contribution in [0.1, 0.15) is 29.9 Å². The first-order chi connectivity index (χ1) is 12.1. The smallest absolute Gasteiger partial charge is 0.246 e. The standard InChI is InChI=1S/C20H23N3O2/c1-14-8-4-5-9-16(14)12-23-18-11-7-6-10-17(18)22-20(23)15(2)21-19(24)13-25-3/h4-11,15H,12-13H2,1-3H3,(H,21,24). The van der Waals surface area contributed by atoms with Crippen molar-refractivity contribution in [1.82, 2.24) is 14.9 Å². The Bertz CT molecular complexity index is 886. The van der Waals surface area contributed by atoms with Gasteiger partial charge in [0, 0.05) is 13.7 Å². The van der Waals surface area contributed by atoms with Crippen LogP contribution in [0.25, 0.3) is 11.0 Å². The van der Waals surface area contributed by atoms with E-state index in [4.69, 9.17) is 9.72 Å². The summed E-state index contributed by atoms with van der Waals surface area (Å²) in [6, 6.07) is 16.2. The van der Waals surface area contributed by atoms with Crippen molar-refractivity contribution in [2.75, 3.05) is 13.7 Å². The molecule has 0 saturated heterocycles. The van der Waals surface area contributed by atoms with Crippen LogP contribution in [0.3, 0.4) is 0 Å². The first kappa shape index (κ1) is 17.2. The van der Waals surface area contributed by atoms with Crippen LogP contribution < -0.4 is 5.32 Å². The van der Waals surface area contributed by atoms with Gasteiger partial charge in [-0.25, -0.2) is 4.98 Å². The van der Waals surface area contributed by atoms with Crippen LogP contribution in [-0.2, 0) is 16.1 Å². The van der Waals surface area contributed by atoms with Crippen molar-refractivity contribution in [2.24, 2.45) is 0 Å². The predicted octanol–water partition coefficient (Wildman–Crippen LogP) is 3.22. The highest BCUT2D eigenvalue weighted by Crippen LogP contribution is 2.23. The van der Waals surface area contributed by atoms with Gasteiger partial charge < -0.3 is 14.6 Å². The molecule has 0 aliphatic rings. The molecule has 2 aromatic carbocycles. The molecule has 1 unspecified atom stereocenters. The number of nitrogens with one attached hydrogen (secondary N) is 1. The molecule has 0 aliphatic heterocycles. The summed E-state index contributed by atoms with van der Waals surface area (Å²) in [7, 11) is 1.51. The average molecular weight is 337 g/mol. The van der Waals surface area contributed by atoms with Gasteiger partial charge in [0.05, 0.1) is 17.1 Å². The first-order valence-corrected chi connectivity index (χ1v) is 8.38. The fourth-order valence-electron chi connectivity index (χ4n) is 3.03. The van der Waals surface area contributed by atoms with Crippen LogP contribution in [0.5, 0.6) is 0 Å².